The quantitative estimate of drug-likeness (QED) is 0.449. The zero-order valence-electron chi connectivity index (χ0n) is 4.18. The van der Waals surface area contributed by atoms with Crippen molar-refractivity contribution >= 4 is 0 Å². The van der Waals surface area contributed by atoms with E-state index in [0.29, 0.717) is 0 Å². The summed E-state index contributed by atoms with van der Waals surface area (Å²) in [5.74, 6) is 0. The Bertz CT molecular complexity index is 50.0. The van der Waals surface area contributed by atoms with E-state index in [4.69, 9.17) is 11.7 Å². The topological polar surface area (TPSA) is 21.3 Å². The van der Waals surface area contributed by atoms with Crippen LogP contribution in [0, 0.1) is 6.92 Å². The number of hydrogen-bond donors (Lipinski definition) is 1. The molecule has 0 aromatic heterocycles. The van der Waals surface area contributed by atoms with E-state index in [0.717, 1.165) is 19.7 Å². The third-order valence-corrected chi connectivity index (χ3v) is 0.956. The summed E-state index contributed by atoms with van der Waals surface area (Å²) < 4.78 is 4.99. The van der Waals surface area contributed by atoms with Crippen LogP contribution in [0.4, 0.5) is 0 Å². The molecule has 1 aliphatic heterocycles. The minimum Gasteiger partial charge on any atom is -0.375 e. The number of nitrogens with one attached hydrogen (secondary N) is 1. The van der Waals surface area contributed by atoms with Gasteiger partial charge in [-0.15, -0.1) is 0 Å². The highest BCUT2D eigenvalue weighted by Gasteiger charge is 2.05. The lowest BCUT2D eigenvalue weighted by Crippen LogP contribution is -2.36. The van der Waals surface area contributed by atoms with E-state index in [2.05, 4.69) is 5.32 Å². The van der Waals surface area contributed by atoms with E-state index in [1.54, 1.807) is 0 Å². The van der Waals surface area contributed by atoms with Crippen molar-refractivity contribution < 1.29 is 4.74 Å². The Hall–Kier alpha value is -0.0800. The first-order valence-corrected chi connectivity index (χ1v) is 2.47. The Morgan fingerprint density at radius 1 is 1.71 bits per heavy atom. The Morgan fingerprint density at radius 2 is 2.57 bits per heavy atom. The van der Waals surface area contributed by atoms with Gasteiger partial charge < -0.3 is 10.1 Å². The Labute approximate surface area is 43.9 Å². The van der Waals surface area contributed by atoms with Crippen molar-refractivity contribution in [1.29, 1.82) is 0 Å². The minimum atomic E-state index is -0.0752. The normalized spacial score (nSPS) is 33.0. The first-order valence-electron chi connectivity index (χ1n) is 2.47. The molecule has 1 fully saturated rings. The Balaban J connectivity index is 2.12. The second-order valence-electron chi connectivity index (χ2n) is 1.61. The number of hydrogen-bond acceptors (Lipinski definition) is 2. The standard InChI is InChI=1S/C5H9NO/c1-5-4-6-2-3-7-5/h1,5-6H,2-4H2. The van der Waals surface area contributed by atoms with Gasteiger partial charge in [-0.05, 0) is 6.92 Å². The molecular formula is C5H9NO. The molecule has 1 aliphatic rings. The van der Waals surface area contributed by atoms with Gasteiger partial charge in [0.25, 0.3) is 0 Å². The van der Waals surface area contributed by atoms with E-state index < -0.39 is 0 Å². The van der Waals surface area contributed by atoms with Crippen LogP contribution < -0.4 is 5.32 Å². The first kappa shape index (κ1) is 5.06. The smallest absolute Gasteiger partial charge is 0.0735 e. The van der Waals surface area contributed by atoms with Gasteiger partial charge >= 0.3 is 0 Å². The van der Waals surface area contributed by atoms with Crippen LogP contribution in [0.5, 0.6) is 0 Å². The van der Waals surface area contributed by atoms with Crippen LogP contribution in [0.1, 0.15) is 0 Å². The zero-order valence-corrected chi connectivity index (χ0v) is 4.18. The highest BCUT2D eigenvalue weighted by molar-refractivity contribution is 4.67. The van der Waals surface area contributed by atoms with Gasteiger partial charge in [0.1, 0.15) is 0 Å². The molecule has 1 unspecified atom stereocenters. The molecule has 40 valence electrons. The molecule has 0 aromatic carbocycles. The molecular weight excluding hydrogens is 90.1 g/mol. The minimum absolute atomic E-state index is 0.0752. The van der Waals surface area contributed by atoms with E-state index in [1.165, 1.54) is 0 Å². The molecule has 2 nitrogen and oxygen atoms in total. The lowest BCUT2D eigenvalue weighted by atomic mass is 10.3. The maximum atomic E-state index is 5.35. The van der Waals surface area contributed by atoms with Gasteiger partial charge in [-0.2, -0.15) is 0 Å². The molecule has 1 saturated heterocycles. The molecule has 2 radical (unpaired) electrons. The number of ether oxygens (including phenoxy) is 1. The molecule has 0 saturated carbocycles. The van der Waals surface area contributed by atoms with Crippen LogP contribution >= 0.6 is 0 Å². The largest absolute Gasteiger partial charge is 0.375 e. The highest BCUT2D eigenvalue weighted by atomic mass is 16.5. The average Bonchev–Trinajstić information content (AvgIpc) is 1.69. The summed E-state index contributed by atoms with van der Waals surface area (Å²) in [7, 11) is 0. The summed E-state index contributed by atoms with van der Waals surface area (Å²) in [5.41, 5.74) is 0. The lowest BCUT2D eigenvalue weighted by molar-refractivity contribution is 0.0574. The van der Waals surface area contributed by atoms with Crippen molar-refractivity contribution in [2.24, 2.45) is 0 Å². The molecule has 0 amide bonds. The van der Waals surface area contributed by atoms with E-state index in [1.807, 2.05) is 0 Å². The second kappa shape index (κ2) is 2.28. The van der Waals surface area contributed by atoms with Gasteiger partial charge in [-0.3, -0.25) is 0 Å². The highest BCUT2D eigenvalue weighted by Crippen LogP contribution is 1.90. The monoisotopic (exact) mass is 99.1 g/mol. The molecule has 7 heavy (non-hydrogen) atoms. The summed E-state index contributed by atoms with van der Waals surface area (Å²) in [4.78, 5) is 0. The van der Waals surface area contributed by atoms with E-state index in [9.17, 15) is 0 Å². The van der Waals surface area contributed by atoms with Gasteiger partial charge in [0.2, 0.25) is 0 Å². The fourth-order valence-corrected chi connectivity index (χ4v) is 0.586. The number of rotatable bonds is 0. The van der Waals surface area contributed by atoms with Crippen molar-refractivity contribution in [1.82, 2.24) is 5.32 Å². The molecule has 2 heteroatoms. The molecule has 0 spiro atoms. The molecule has 0 aliphatic carbocycles. The summed E-state index contributed by atoms with van der Waals surface area (Å²) in [6.07, 6.45) is -0.0752. The predicted molar refractivity (Wildman–Crippen MR) is 26.9 cm³/mol. The van der Waals surface area contributed by atoms with Crippen LogP contribution in [0.15, 0.2) is 0 Å². The summed E-state index contributed by atoms with van der Waals surface area (Å²) in [6.45, 7) is 7.83. The Morgan fingerprint density at radius 3 is 2.86 bits per heavy atom. The molecule has 1 rings (SSSR count). The number of morpholine rings is 1. The fourth-order valence-electron chi connectivity index (χ4n) is 0.586. The van der Waals surface area contributed by atoms with Gasteiger partial charge in [-0.25, -0.2) is 0 Å². The molecule has 0 bridgehead atoms. The van der Waals surface area contributed by atoms with Crippen LogP contribution in [-0.2, 0) is 4.74 Å². The lowest BCUT2D eigenvalue weighted by Gasteiger charge is -2.18. The van der Waals surface area contributed by atoms with Crippen molar-refractivity contribution in [2.45, 2.75) is 6.10 Å². The van der Waals surface area contributed by atoms with Gasteiger partial charge in [0.15, 0.2) is 0 Å². The van der Waals surface area contributed by atoms with Gasteiger partial charge in [0, 0.05) is 13.1 Å². The third kappa shape index (κ3) is 1.45. The zero-order chi connectivity index (χ0) is 5.11. The van der Waals surface area contributed by atoms with Crippen molar-refractivity contribution in [3.8, 4) is 0 Å². The maximum absolute atomic E-state index is 5.35. The fraction of sp³-hybridized carbons (Fsp3) is 0.800. The van der Waals surface area contributed by atoms with Crippen LogP contribution in [0.3, 0.4) is 0 Å². The van der Waals surface area contributed by atoms with Crippen molar-refractivity contribution in [2.75, 3.05) is 19.7 Å². The predicted octanol–water partition coefficient (Wildman–Crippen LogP) is -0.314. The molecule has 1 heterocycles. The molecule has 0 aromatic rings. The van der Waals surface area contributed by atoms with Gasteiger partial charge in [0.05, 0.1) is 12.7 Å². The summed E-state index contributed by atoms with van der Waals surface area (Å²) >= 11 is 0. The van der Waals surface area contributed by atoms with Crippen molar-refractivity contribution in [3.05, 3.63) is 6.92 Å². The van der Waals surface area contributed by atoms with E-state index >= 15 is 0 Å². The summed E-state index contributed by atoms with van der Waals surface area (Å²) in [5, 5.41) is 3.08. The van der Waals surface area contributed by atoms with Gasteiger partial charge in [-0.1, -0.05) is 0 Å². The maximum Gasteiger partial charge on any atom is 0.0735 e. The average molecular weight is 99.1 g/mol. The van der Waals surface area contributed by atoms with Crippen LogP contribution in [0.2, 0.25) is 0 Å². The third-order valence-electron chi connectivity index (χ3n) is 0.956. The van der Waals surface area contributed by atoms with Crippen molar-refractivity contribution in [3.63, 3.8) is 0 Å². The molecule has 1 N–H and O–H groups in total. The van der Waals surface area contributed by atoms with E-state index in [-0.39, 0.29) is 6.10 Å². The molecule has 1 atom stereocenters. The summed E-state index contributed by atoms with van der Waals surface area (Å²) in [6, 6.07) is 0. The first-order chi connectivity index (χ1) is 3.39. The SMILES string of the molecule is [CH]C1CNCCO1. The van der Waals surface area contributed by atoms with Crippen LogP contribution in [-0.4, -0.2) is 25.8 Å². The second-order valence-corrected chi connectivity index (χ2v) is 1.61. The van der Waals surface area contributed by atoms with Crippen LogP contribution in [0.25, 0.3) is 0 Å². The Kier molecular flexibility index (Phi) is 1.65.